The van der Waals surface area contributed by atoms with E-state index in [1.54, 1.807) is 6.07 Å². The molecule has 2 aromatic rings. The number of hydrogen-bond donors (Lipinski definition) is 3. The molecule has 2 fully saturated rings. The van der Waals surface area contributed by atoms with Gasteiger partial charge in [0, 0.05) is 30.8 Å². The number of phenols is 1. The molecule has 150 valence electrons. The number of nitrogens with one attached hydrogen (secondary N) is 1. The number of hydrogen-bond acceptors (Lipinski definition) is 7. The Balaban J connectivity index is 1.54. The Kier molecular flexibility index (Phi) is 5.92. The first-order chi connectivity index (χ1) is 13.7. The lowest BCUT2D eigenvalue weighted by Crippen LogP contribution is -2.36. The van der Waals surface area contributed by atoms with E-state index in [0.717, 1.165) is 55.1 Å². The second-order valence-electron chi connectivity index (χ2n) is 7.64. The molecule has 0 saturated carbocycles. The molecule has 7 nitrogen and oxygen atoms in total. The molecule has 7 heteroatoms. The normalized spacial score (nSPS) is 20.3. The summed E-state index contributed by atoms with van der Waals surface area (Å²) in [6, 6.07) is 8.21. The van der Waals surface area contributed by atoms with Crippen molar-refractivity contribution in [3.05, 3.63) is 29.8 Å². The smallest absolute Gasteiger partial charge is 0.222 e. The number of aromatic nitrogens is 2. The van der Waals surface area contributed by atoms with Crippen LogP contribution in [0.25, 0.3) is 11.3 Å². The van der Waals surface area contributed by atoms with E-state index in [0.29, 0.717) is 19.3 Å². The van der Waals surface area contributed by atoms with E-state index < -0.39 is 0 Å². The van der Waals surface area contributed by atoms with E-state index in [9.17, 15) is 5.11 Å². The van der Waals surface area contributed by atoms with Crippen LogP contribution in [0.1, 0.15) is 31.2 Å². The lowest BCUT2D eigenvalue weighted by molar-refractivity contribution is 0.122. The van der Waals surface area contributed by atoms with Crippen molar-refractivity contribution in [2.24, 2.45) is 0 Å². The number of ether oxygens (including phenoxy) is 1. The van der Waals surface area contributed by atoms with Crippen molar-refractivity contribution >= 4 is 11.8 Å². The van der Waals surface area contributed by atoms with Crippen LogP contribution in [0.4, 0.5) is 11.8 Å². The van der Waals surface area contributed by atoms with E-state index in [2.05, 4.69) is 26.3 Å². The molecule has 1 atom stereocenters. The Morgan fingerprint density at radius 2 is 2.00 bits per heavy atom. The Morgan fingerprint density at radius 3 is 2.79 bits per heavy atom. The number of morpholine rings is 1. The summed E-state index contributed by atoms with van der Waals surface area (Å²) >= 11 is 0. The zero-order valence-corrected chi connectivity index (χ0v) is 16.2. The Labute approximate surface area is 165 Å². The molecule has 2 aliphatic rings. The highest BCUT2D eigenvalue weighted by molar-refractivity contribution is 5.67. The molecule has 1 unspecified atom stereocenters. The molecule has 28 heavy (non-hydrogen) atoms. The molecule has 4 rings (SSSR count). The summed E-state index contributed by atoms with van der Waals surface area (Å²) in [7, 11) is 0. The van der Waals surface area contributed by atoms with Crippen LogP contribution < -0.4 is 16.0 Å². The molecule has 3 heterocycles. The Bertz CT molecular complexity index is 801. The molecule has 1 aromatic carbocycles. The van der Waals surface area contributed by atoms with Gasteiger partial charge in [-0.05, 0) is 56.0 Å². The molecule has 2 aliphatic heterocycles. The van der Waals surface area contributed by atoms with Crippen molar-refractivity contribution in [2.45, 2.75) is 38.1 Å². The third kappa shape index (κ3) is 4.72. The molecule has 0 radical (unpaired) electrons. The number of aryl methyl sites for hydroxylation is 1. The fourth-order valence-corrected chi connectivity index (χ4v) is 4.03. The van der Waals surface area contributed by atoms with Gasteiger partial charge in [-0.25, -0.2) is 4.98 Å². The minimum atomic E-state index is 0.246. The zero-order chi connectivity index (χ0) is 19.3. The maximum atomic E-state index is 10.3. The number of benzene rings is 1. The lowest BCUT2D eigenvalue weighted by Gasteiger charge is -2.28. The van der Waals surface area contributed by atoms with E-state index in [4.69, 9.17) is 10.5 Å². The van der Waals surface area contributed by atoms with Gasteiger partial charge in [-0.1, -0.05) is 6.42 Å². The minimum absolute atomic E-state index is 0.246. The summed E-state index contributed by atoms with van der Waals surface area (Å²) in [5.41, 5.74) is 8.71. The fourth-order valence-electron chi connectivity index (χ4n) is 4.03. The number of phenolic OH excluding ortho intramolecular Hbond substituents is 1. The molecule has 1 aromatic heterocycles. The molecule has 2 saturated heterocycles. The predicted octanol–water partition coefficient (Wildman–Crippen LogP) is 2.34. The average molecular weight is 383 g/mol. The van der Waals surface area contributed by atoms with Crippen LogP contribution >= 0.6 is 0 Å². The van der Waals surface area contributed by atoms with Crippen molar-refractivity contribution in [1.29, 1.82) is 0 Å². The Hall–Kier alpha value is -2.38. The van der Waals surface area contributed by atoms with Crippen LogP contribution in [-0.2, 0) is 11.2 Å². The van der Waals surface area contributed by atoms with Gasteiger partial charge in [-0.2, -0.15) is 4.98 Å². The average Bonchev–Trinajstić information content (AvgIpc) is 2.73. The zero-order valence-electron chi connectivity index (χ0n) is 16.2. The summed E-state index contributed by atoms with van der Waals surface area (Å²) in [5, 5.41) is 13.8. The van der Waals surface area contributed by atoms with Crippen molar-refractivity contribution in [3.63, 3.8) is 0 Å². The lowest BCUT2D eigenvalue weighted by atomic mass is 9.96. The topological polar surface area (TPSA) is 96.5 Å². The highest BCUT2D eigenvalue weighted by Crippen LogP contribution is 2.28. The Morgan fingerprint density at radius 1 is 1.14 bits per heavy atom. The summed E-state index contributed by atoms with van der Waals surface area (Å²) in [6.07, 6.45) is 5.81. The van der Waals surface area contributed by atoms with Crippen molar-refractivity contribution in [2.75, 3.05) is 43.5 Å². The van der Waals surface area contributed by atoms with Gasteiger partial charge in [0.05, 0.1) is 18.9 Å². The van der Waals surface area contributed by atoms with Crippen LogP contribution in [0.5, 0.6) is 5.75 Å². The summed E-state index contributed by atoms with van der Waals surface area (Å²) in [6.45, 7) is 4.06. The maximum absolute atomic E-state index is 10.3. The van der Waals surface area contributed by atoms with Gasteiger partial charge in [-0.15, -0.1) is 0 Å². The van der Waals surface area contributed by atoms with E-state index in [-0.39, 0.29) is 11.7 Å². The number of aromatic hydroxyl groups is 1. The van der Waals surface area contributed by atoms with Crippen molar-refractivity contribution < 1.29 is 9.84 Å². The highest BCUT2D eigenvalue weighted by Gasteiger charge is 2.16. The van der Waals surface area contributed by atoms with E-state index >= 15 is 0 Å². The maximum Gasteiger partial charge on any atom is 0.222 e. The quantitative estimate of drug-likeness (QED) is 0.729. The van der Waals surface area contributed by atoms with Crippen LogP contribution in [0.3, 0.4) is 0 Å². The second kappa shape index (κ2) is 8.75. The highest BCUT2D eigenvalue weighted by atomic mass is 16.5. The summed E-state index contributed by atoms with van der Waals surface area (Å²) in [5.74, 6) is 1.31. The minimum Gasteiger partial charge on any atom is -0.508 e. The first-order valence-electron chi connectivity index (χ1n) is 10.2. The van der Waals surface area contributed by atoms with Crippen molar-refractivity contribution in [3.8, 4) is 17.0 Å². The number of nitrogens with zero attached hydrogens (tertiary/aromatic N) is 3. The monoisotopic (exact) mass is 383 g/mol. The number of rotatable bonds is 5. The predicted molar refractivity (Wildman–Crippen MR) is 111 cm³/mol. The first-order valence-corrected chi connectivity index (χ1v) is 10.2. The molecular weight excluding hydrogens is 354 g/mol. The third-order valence-electron chi connectivity index (χ3n) is 5.53. The van der Waals surface area contributed by atoms with Crippen molar-refractivity contribution in [1.82, 2.24) is 15.3 Å². The van der Waals surface area contributed by atoms with Crippen LogP contribution in [0.15, 0.2) is 24.3 Å². The summed E-state index contributed by atoms with van der Waals surface area (Å²) in [4.78, 5) is 11.0. The molecule has 0 spiro atoms. The molecule has 0 amide bonds. The van der Waals surface area contributed by atoms with Crippen LogP contribution in [0, 0.1) is 0 Å². The van der Waals surface area contributed by atoms with E-state index in [1.807, 2.05) is 12.1 Å². The molecule has 0 aliphatic carbocycles. The van der Waals surface area contributed by atoms with Gasteiger partial charge >= 0.3 is 0 Å². The number of nitrogen functional groups attached to an aromatic ring is 1. The van der Waals surface area contributed by atoms with E-state index in [1.165, 1.54) is 19.3 Å². The van der Waals surface area contributed by atoms with Crippen LogP contribution in [0.2, 0.25) is 0 Å². The number of anilines is 2. The molecular formula is C21H29N5O2. The first kappa shape index (κ1) is 19.0. The van der Waals surface area contributed by atoms with Crippen LogP contribution in [-0.4, -0.2) is 54.0 Å². The SMILES string of the molecule is Nc1nc(-c2cc(O)cc(CCC3CCCCN3)c2)cc(N2CCOCC2)n1. The third-order valence-corrected chi connectivity index (χ3v) is 5.53. The van der Waals surface area contributed by atoms with Gasteiger partial charge in [-0.3, -0.25) is 0 Å². The van der Waals surface area contributed by atoms with Gasteiger partial charge in [0.2, 0.25) is 5.95 Å². The van der Waals surface area contributed by atoms with Gasteiger partial charge in [0.1, 0.15) is 11.6 Å². The number of nitrogens with two attached hydrogens (primary N) is 1. The van der Waals surface area contributed by atoms with Gasteiger partial charge in [0.25, 0.3) is 0 Å². The second-order valence-corrected chi connectivity index (χ2v) is 7.64. The fraction of sp³-hybridized carbons (Fsp3) is 0.524. The summed E-state index contributed by atoms with van der Waals surface area (Å²) < 4.78 is 5.42. The standard InChI is InChI=1S/C21H29N5O2/c22-21-24-19(14-20(25-21)26-7-9-28-10-8-26)16-11-15(12-18(27)13-16)4-5-17-3-1-2-6-23-17/h11-14,17,23,27H,1-10H2,(H2,22,24,25). The molecule has 4 N–H and O–H groups in total. The number of piperidine rings is 1. The van der Waals surface area contributed by atoms with Gasteiger partial charge < -0.3 is 25.8 Å². The molecule has 0 bridgehead atoms. The largest absolute Gasteiger partial charge is 0.508 e. The van der Waals surface area contributed by atoms with Gasteiger partial charge in [0.15, 0.2) is 0 Å².